The molecule has 138 valence electrons. The highest BCUT2D eigenvalue weighted by Gasteiger charge is 2.43. The highest BCUT2D eigenvalue weighted by Crippen LogP contribution is 2.36. The van der Waals surface area contributed by atoms with Gasteiger partial charge in [-0.2, -0.15) is 0 Å². The van der Waals surface area contributed by atoms with Crippen LogP contribution in [0, 0.1) is 5.82 Å². The minimum atomic E-state index is -3.94. The molecule has 0 saturated carbocycles. The van der Waals surface area contributed by atoms with E-state index in [9.17, 15) is 17.6 Å². The Balaban J connectivity index is 1.65. The molecular weight excluding hydrogens is 371 g/mol. The van der Waals surface area contributed by atoms with E-state index in [1.165, 1.54) is 0 Å². The minimum Gasteiger partial charge on any atom is -0.381 e. The van der Waals surface area contributed by atoms with Gasteiger partial charge >= 0.3 is 0 Å². The molecule has 3 rings (SSSR count). The summed E-state index contributed by atoms with van der Waals surface area (Å²) in [5.41, 5.74) is 0. The monoisotopic (exact) mass is 390 g/mol. The first kappa shape index (κ1) is 18.6. The Labute approximate surface area is 151 Å². The number of nitrogens with zero attached hydrogens (tertiary/aromatic N) is 1. The van der Waals surface area contributed by atoms with Crippen molar-refractivity contribution in [2.75, 3.05) is 13.7 Å². The van der Waals surface area contributed by atoms with Gasteiger partial charge in [0.1, 0.15) is 5.82 Å². The van der Waals surface area contributed by atoms with Gasteiger partial charge in [0.05, 0.1) is 22.6 Å². The summed E-state index contributed by atoms with van der Waals surface area (Å²) in [5, 5.41) is -0.283. The van der Waals surface area contributed by atoms with Gasteiger partial charge in [0.2, 0.25) is 15.9 Å². The van der Waals surface area contributed by atoms with Crippen molar-refractivity contribution >= 4 is 27.5 Å². The molecule has 2 aliphatic rings. The van der Waals surface area contributed by atoms with E-state index >= 15 is 0 Å². The number of benzene rings is 1. The molecule has 2 atom stereocenters. The van der Waals surface area contributed by atoms with Crippen LogP contribution in [-0.4, -0.2) is 51.1 Å². The molecule has 2 unspecified atom stereocenters. The topological polar surface area (TPSA) is 75.7 Å². The van der Waals surface area contributed by atoms with Crippen molar-refractivity contribution < 1.29 is 22.3 Å². The van der Waals surface area contributed by atoms with E-state index < -0.39 is 15.8 Å². The molecule has 1 aromatic carbocycles. The lowest BCUT2D eigenvalue weighted by Gasteiger charge is -2.38. The zero-order valence-electron chi connectivity index (χ0n) is 13.7. The van der Waals surface area contributed by atoms with E-state index in [1.54, 1.807) is 12.0 Å². The average Bonchev–Trinajstić information content (AvgIpc) is 2.85. The van der Waals surface area contributed by atoms with Crippen LogP contribution in [0.5, 0.6) is 0 Å². The maximum atomic E-state index is 13.2. The number of rotatable bonds is 5. The summed E-state index contributed by atoms with van der Waals surface area (Å²) in [4.78, 5) is 14.1. The van der Waals surface area contributed by atoms with Gasteiger partial charge in [0, 0.05) is 19.2 Å². The highest BCUT2D eigenvalue weighted by molar-refractivity contribution is 7.89. The zero-order valence-corrected chi connectivity index (χ0v) is 15.3. The molecule has 0 aromatic heterocycles. The van der Waals surface area contributed by atoms with Crippen LogP contribution in [0.3, 0.4) is 0 Å². The van der Waals surface area contributed by atoms with Crippen LogP contribution < -0.4 is 4.72 Å². The first-order valence-corrected chi connectivity index (χ1v) is 9.96. The number of hydrogen-bond donors (Lipinski definition) is 1. The SMILES string of the molecule is COC1CC2CCC(C1)N2C(=O)CNS(=O)(=O)c1ccc(F)c(Cl)c1. The molecule has 25 heavy (non-hydrogen) atoms. The van der Waals surface area contributed by atoms with Gasteiger partial charge in [-0.1, -0.05) is 11.6 Å². The van der Waals surface area contributed by atoms with Gasteiger partial charge in [0.25, 0.3) is 0 Å². The Morgan fingerprint density at radius 3 is 2.56 bits per heavy atom. The number of sulfonamides is 1. The first-order valence-electron chi connectivity index (χ1n) is 8.10. The van der Waals surface area contributed by atoms with Crippen LogP contribution in [0.15, 0.2) is 23.1 Å². The number of hydrogen-bond acceptors (Lipinski definition) is 4. The summed E-state index contributed by atoms with van der Waals surface area (Å²) in [6, 6.07) is 3.32. The second-order valence-corrected chi connectivity index (χ2v) is 8.59. The van der Waals surface area contributed by atoms with E-state index in [-0.39, 0.29) is 40.6 Å². The number of halogens is 2. The van der Waals surface area contributed by atoms with Gasteiger partial charge in [0.15, 0.2) is 0 Å². The number of ether oxygens (including phenoxy) is 1. The molecule has 1 N–H and O–H groups in total. The summed E-state index contributed by atoms with van der Waals surface area (Å²) in [7, 11) is -2.27. The fourth-order valence-electron chi connectivity index (χ4n) is 3.70. The predicted molar refractivity (Wildman–Crippen MR) is 90.3 cm³/mol. The minimum absolute atomic E-state index is 0.0981. The fraction of sp³-hybridized carbons (Fsp3) is 0.562. The quantitative estimate of drug-likeness (QED) is 0.833. The van der Waals surface area contributed by atoms with Crippen LogP contribution in [0.1, 0.15) is 25.7 Å². The van der Waals surface area contributed by atoms with Crippen molar-refractivity contribution in [2.24, 2.45) is 0 Å². The standard InChI is InChI=1S/C16H20ClFN2O4S/c1-24-12-6-10-2-3-11(7-12)20(10)16(21)9-19-25(22,23)13-4-5-15(18)14(17)8-13/h4-5,8,10-12,19H,2-3,6-7,9H2,1H3. The van der Waals surface area contributed by atoms with Gasteiger partial charge in [-0.25, -0.2) is 17.5 Å². The van der Waals surface area contributed by atoms with Crippen molar-refractivity contribution in [1.82, 2.24) is 9.62 Å². The van der Waals surface area contributed by atoms with Crippen LogP contribution in [-0.2, 0) is 19.6 Å². The Morgan fingerprint density at radius 1 is 1.36 bits per heavy atom. The molecule has 2 bridgehead atoms. The molecule has 9 heteroatoms. The molecule has 2 aliphatic heterocycles. The Bertz CT molecular complexity index is 759. The van der Waals surface area contributed by atoms with Crippen molar-refractivity contribution in [2.45, 2.75) is 48.8 Å². The van der Waals surface area contributed by atoms with Crippen molar-refractivity contribution in [3.8, 4) is 0 Å². The molecule has 6 nitrogen and oxygen atoms in total. The Kier molecular flexibility index (Phi) is 5.34. The normalized spacial score (nSPS) is 26.0. The third-order valence-corrected chi connectivity index (χ3v) is 6.61. The van der Waals surface area contributed by atoms with Crippen LogP contribution in [0.2, 0.25) is 5.02 Å². The molecule has 2 saturated heterocycles. The lowest BCUT2D eigenvalue weighted by Crippen LogP contribution is -2.51. The number of nitrogens with one attached hydrogen (secondary N) is 1. The lowest BCUT2D eigenvalue weighted by atomic mass is 9.99. The smallest absolute Gasteiger partial charge is 0.241 e. The lowest BCUT2D eigenvalue weighted by molar-refractivity contribution is -0.136. The summed E-state index contributed by atoms with van der Waals surface area (Å²) in [5.74, 6) is -0.951. The highest BCUT2D eigenvalue weighted by atomic mass is 35.5. The third-order valence-electron chi connectivity index (χ3n) is 4.93. The maximum Gasteiger partial charge on any atom is 0.241 e. The molecule has 0 spiro atoms. The average molecular weight is 391 g/mol. The van der Waals surface area contributed by atoms with E-state index in [1.807, 2.05) is 0 Å². The van der Waals surface area contributed by atoms with Gasteiger partial charge < -0.3 is 9.64 Å². The molecular formula is C16H20ClFN2O4S. The second kappa shape index (κ2) is 7.19. The number of fused-ring (bicyclic) bond motifs is 2. The van der Waals surface area contributed by atoms with E-state index in [4.69, 9.17) is 16.3 Å². The second-order valence-electron chi connectivity index (χ2n) is 6.42. The summed E-state index contributed by atoms with van der Waals surface area (Å²) in [6.07, 6.45) is 3.53. The Morgan fingerprint density at radius 2 is 2.00 bits per heavy atom. The summed E-state index contributed by atoms with van der Waals surface area (Å²) >= 11 is 5.62. The number of amides is 1. The van der Waals surface area contributed by atoms with Gasteiger partial charge in [-0.05, 0) is 43.9 Å². The summed E-state index contributed by atoms with van der Waals surface area (Å²) < 4.78 is 45.4. The predicted octanol–water partition coefficient (Wildman–Crippen LogP) is 1.93. The van der Waals surface area contributed by atoms with E-state index in [0.29, 0.717) is 0 Å². The summed E-state index contributed by atoms with van der Waals surface area (Å²) in [6.45, 7) is -0.331. The number of carbonyl (C=O) groups is 1. The van der Waals surface area contributed by atoms with Crippen molar-refractivity contribution in [1.29, 1.82) is 0 Å². The van der Waals surface area contributed by atoms with Gasteiger partial charge in [-0.3, -0.25) is 4.79 Å². The zero-order chi connectivity index (χ0) is 18.2. The molecule has 2 fully saturated rings. The largest absolute Gasteiger partial charge is 0.381 e. The molecule has 0 aliphatic carbocycles. The van der Waals surface area contributed by atoms with Crippen LogP contribution in [0.4, 0.5) is 4.39 Å². The van der Waals surface area contributed by atoms with Crippen molar-refractivity contribution in [3.05, 3.63) is 29.0 Å². The molecule has 1 aromatic rings. The third kappa shape index (κ3) is 3.81. The first-order chi connectivity index (χ1) is 11.8. The number of methoxy groups -OCH3 is 1. The van der Waals surface area contributed by atoms with Crippen LogP contribution >= 0.6 is 11.6 Å². The Hall–Kier alpha value is -1.22. The van der Waals surface area contributed by atoms with Crippen molar-refractivity contribution in [3.63, 3.8) is 0 Å². The fourth-order valence-corrected chi connectivity index (χ4v) is 4.95. The molecule has 1 amide bonds. The maximum absolute atomic E-state index is 13.2. The number of carbonyl (C=O) groups excluding carboxylic acids is 1. The number of piperidine rings is 1. The van der Waals surface area contributed by atoms with E-state index in [2.05, 4.69) is 4.72 Å². The van der Waals surface area contributed by atoms with E-state index in [0.717, 1.165) is 43.9 Å². The van der Waals surface area contributed by atoms with Gasteiger partial charge in [-0.15, -0.1) is 0 Å². The molecule has 0 radical (unpaired) electrons. The molecule has 2 heterocycles. The van der Waals surface area contributed by atoms with Crippen LogP contribution in [0.25, 0.3) is 0 Å².